The molecule has 2 unspecified atom stereocenters. The minimum absolute atomic E-state index is 0.0131. The summed E-state index contributed by atoms with van der Waals surface area (Å²) < 4.78 is 5.27. The second-order valence-electron chi connectivity index (χ2n) is 9.25. The van der Waals surface area contributed by atoms with Crippen LogP contribution in [0.5, 0.6) is 5.75 Å². The maximum atomic E-state index is 13.4. The monoisotopic (exact) mass is 463 g/mol. The van der Waals surface area contributed by atoms with Crippen LogP contribution in [0.3, 0.4) is 0 Å². The van der Waals surface area contributed by atoms with E-state index in [0.717, 1.165) is 25.7 Å². The Morgan fingerprint density at radius 3 is 2.33 bits per heavy atom. The zero-order valence-electron chi connectivity index (χ0n) is 20.9. The van der Waals surface area contributed by atoms with Crippen LogP contribution in [-0.2, 0) is 14.3 Å². The number of hydrogen-bond donors (Lipinski definition) is 3. The Morgan fingerprint density at radius 1 is 1.09 bits per heavy atom. The van der Waals surface area contributed by atoms with Gasteiger partial charge in [0.15, 0.2) is 0 Å². The molecule has 1 aromatic carbocycles. The Labute approximate surface area is 198 Å². The van der Waals surface area contributed by atoms with E-state index in [1.54, 1.807) is 39.8 Å². The second kappa shape index (κ2) is 13.7. The van der Waals surface area contributed by atoms with Gasteiger partial charge in [-0.3, -0.25) is 9.59 Å². The zero-order chi connectivity index (χ0) is 25.0. The average Bonchev–Trinajstić information content (AvgIpc) is 2.72. The van der Waals surface area contributed by atoms with Crippen LogP contribution < -0.4 is 10.6 Å². The van der Waals surface area contributed by atoms with Crippen molar-refractivity contribution in [1.82, 2.24) is 15.5 Å². The first-order valence-electron chi connectivity index (χ1n) is 11.9. The highest BCUT2D eigenvalue weighted by molar-refractivity contribution is 5.92. The zero-order valence-corrected chi connectivity index (χ0v) is 20.9. The van der Waals surface area contributed by atoms with E-state index < -0.39 is 29.7 Å². The van der Waals surface area contributed by atoms with Gasteiger partial charge >= 0.3 is 6.09 Å². The fourth-order valence-corrected chi connectivity index (χ4v) is 3.34. The molecule has 3 amide bonds. The van der Waals surface area contributed by atoms with Crippen molar-refractivity contribution < 1.29 is 24.2 Å². The largest absolute Gasteiger partial charge is 0.508 e. The summed E-state index contributed by atoms with van der Waals surface area (Å²) >= 11 is 0. The molecule has 1 aromatic rings. The van der Waals surface area contributed by atoms with Crippen LogP contribution in [0.1, 0.15) is 85.3 Å². The third-order valence-electron chi connectivity index (χ3n) is 4.96. The molecule has 0 saturated carbocycles. The number of ether oxygens (including phenoxy) is 1. The quantitative estimate of drug-likeness (QED) is 0.401. The number of unbranched alkanes of at least 4 members (excludes halogenated alkanes) is 3. The van der Waals surface area contributed by atoms with Crippen molar-refractivity contribution in [3.63, 3.8) is 0 Å². The molecule has 0 heterocycles. The lowest BCUT2D eigenvalue weighted by Crippen LogP contribution is -2.52. The normalized spacial score (nSPS) is 13.0. The molecule has 0 aliphatic heterocycles. The highest BCUT2D eigenvalue weighted by Gasteiger charge is 2.34. The molecule has 0 bridgehead atoms. The van der Waals surface area contributed by atoms with Crippen LogP contribution >= 0.6 is 0 Å². The minimum atomic E-state index is -0.930. The Bertz CT molecular complexity index is 776. The SMILES string of the molecule is CCCCCNC(=O)C(c1cccc(O)c1)N(CCCC)C(=O)C(C)NC(=O)OC(C)(C)C. The van der Waals surface area contributed by atoms with E-state index in [1.165, 1.54) is 17.0 Å². The number of aromatic hydroxyl groups is 1. The lowest BCUT2D eigenvalue weighted by atomic mass is 10.0. The molecule has 8 heteroatoms. The van der Waals surface area contributed by atoms with Gasteiger partial charge in [0.25, 0.3) is 0 Å². The molecule has 0 radical (unpaired) electrons. The van der Waals surface area contributed by atoms with Crippen LogP contribution in [0.4, 0.5) is 4.79 Å². The van der Waals surface area contributed by atoms with Gasteiger partial charge in [-0.05, 0) is 58.2 Å². The van der Waals surface area contributed by atoms with Crippen molar-refractivity contribution in [1.29, 1.82) is 0 Å². The predicted octanol–water partition coefficient (Wildman–Crippen LogP) is 4.28. The van der Waals surface area contributed by atoms with Crippen LogP contribution in [0.15, 0.2) is 24.3 Å². The number of carbonyl (C=O) groups excluding carboxylic acids is 3. The lowest BCUT2D eigenvalue weighted by molar-refractivity contribution is -0.142. The molecule has 2 atom stereocenters. The van der Waals surface area contributed by atoms with Gasteiger partial charge in [-0.1, -0.05) is 45.2 Å². The van der Waals surface area contributed by atoms with Crippen molar-refractivity contribution in [3.05, 3.63) is 29.8 Å². The lowest BCUT2D eigenvalue weighted by Gasteiger charge is -2.33. The molecule has 0 spiro atoms. The fraction of sp³-hybridized carbons (Fsp3) is 0.640. The number of carbonyl (C=O) groups is 3. The van der Waals surface area contributed by atoms with Crippen molar-refractivity contribution in [2.45, 2.75) is 91.3 Å². The summed E-state index contributed by atoms with van der Waals surface area (Å²) in [4.78, 5) is 40.4. The number of rotatable bonds is 12. The Morgan fingerprint density at radius 2 is 1.76 bits per heavy atom. The number of nitrogens with zero attached hydrogens (tertiary/aromatic N) is 1. The highest BCUT2D eigenvalue weighted by Crippen LogP contribution is 2.26. The fourth-order valence-electron chi connectivity index (χ4n) is 3.34. The first-order chi connectivity index (χ1) is 15.5. The first-order valence-corrected chi connectivity index (χ1v) is 11.9. The summed E-state index contributed by atoms with van der Waals surface area (Å²) in [5, 5.41) is 15.5. The van der Waals surface area contributed by atoms with Crippen molar-refractivity contribution in [3.8, 4) is 5.75 Å². The van der Waals surface area contributed by atoms with Gasteiger partial charge in [-0.25, -0.2) is 4.79 Å². The average molecular weight is 464 g/mol. The van der Waals surface area contributed by atoms with Gasteiger partial charge in [0.1, 0.15) is 23.4 Å². The van der Waals surface area contributed by atoms with Crippen molar-refractivity contribution >= 4 is 17.9 Å². The number of alkyl carbamates (subject to hydrolysis) is 1. The summed E-state index contributed by atoms with van der Waals surface area (Å²) in [6, 6.07) is 4.55. The van der Waals surface area contributed by atoms with E-state index in [-0.39, 0.29) is 11.7 Å². The topological polar surface area (TPSA) is 108 Å². The molecule has 1 rings (SSSR count). The maximum absolute atomic E-state index is 13.4. The molecule has 33 heavy (non-hydrogen) atoms. The molecule has 186 valence electrons. The van der Waals surface area contributed by atoms with E-state index in [4.69, 9.17) is 4.74 Å². The van der Waals surface area contributed by atoms with E-state index in [0.29, 0.717) is 25.1 Å². The van der Waals surface area contributed by atoms with Crippen LogP contribution in [0, 0.1) is 0 Å². The summed E-state index contributed by atoms with van der Waals surface area (Å²) in [5.74, 6) is -0.698. The van der Waals surface area contributed by atoms with E-state index in [9.17, 15) is 19.5 Å². The maximum Gasteiger partial charge on any atom is 0.408 e. The van der Waals surface area contributed by atoms with Gasteiger partial charge in [0.05, 0.1) is 0 Å². The molecule has 0 aliphatic carbocycles. The standard InChI is InChI=1S/C25H41N3O5/c1-7-9-11-15-26-22(30)21(19-13-12-14-20(29)17-19)28(16-10-8-2)23(31)18(3)27-24(32)33-25(4,5)6/h12-14,17-18,21,29H,7-11,15-16H2,1-6H3,(H,26,30)(H,27,32). The molecule has 0 aliphatic rings. The summed E-state index contributed by atoms with van der Waals surface area (Å²) in [6.07, 6.45) is 3.67. The van der Waals surface area contributed by atoms with Crippen molar-refractivity contribution in [2.24, 2.45) is 0 Å². The van der Waals surface area contributed by atoms with Gasteiger partial charge in [-0.2, -0.15) is 0 Å². The van der Waals surface area contributed by atoms with Crippen LogP contribution in [0.2, 0.25) is 0 Å². The Balaban J connectivity index is 3.20. The summed E-state index contributed by atoms with van der Waals surface area (Å²) in [6.45, 7) is 11.7. The third kappa shape index (κ3) is 10.1. The van der Waals surface area contributed by atoms with Crippen LogP contribution in [0.25, 0.3) is 0 Å². The number of amides is 3. The number of phenols is 1. The number of hydrogen-bond acceptors (Lipinski definition) is 5. The Kier molecular flexibility index (Phi) is 11.7. The molecule has 0 fully saturated rings. The van der Waals surface area contributed by atoms with E-state index in [2.05, 4.69) is 17.6 Å². The summed E-state index contributed by atoms with van der Waals surface area (Å²) in [5.41, 5.74) is -0.186. The van der Waals surface area contributed by atoms with Gasteiger partial charge in [0, 0.05) is 13.1 Å². The smallest absolute Gasteiger partial charge is 0.408 e. The van der Waals surface area contributed by atoms with E-state index >= 15 is 0 Å². The molecule has 3 N–H and O–H groups in total. The number of nitrogens with one attached hydrogen (secondary N) is 2. The van der Waals surface area contributed by atoms with Gasteiger partial charge < -0.3 is 25.4 Å². The van der Waals surface area contributed by atoms with Crippen molar-refractivity contribution in [2.75, 3.05) is 13.1 Å². The van der Waals surface area contributed by atoms with E-state index in [1.807, 2.05) is 6.92 Å². The molecular weight excluding hydrogens is 422 g/mol. The highest BCUT2D eigenvalue weighted by atomic mass is 16.6. The van der Waals surface area contributed by atoms with Gasteiger partial charge in [-0.15, -0.1) is 0 Å². The predicted molar refractivity (Wildman–Crippen MR) is 129 cm³/mol. The number of benzene rings is 1. The molecular formula is C25H41N3O5. The Hall–Kier alpha value is -2.77. The van der Waals surface area contributed by atoms with Crippen LogP contribution in [-0.4, -0.2) is 52.6 Å². The molecule has 0 aromatic heterocycles. The molecule has 0 saturated heterocycles. The first kappa shape index (κ1) is 28.3. The second-order valence-corrected chi connectivity index (χ2v) is 9.25. The molecule has 8 nitrogen and oxygen atoms in total. The summed E-state index contributed by atoms with van der Waals surface area (Å²) in [7, 11) is 0. The third-order valence-corrected chi connectivity index (χ3v) is 4.96. The minimum Gasteiger partial charge on any atom is -0.508 e. The number of phenolic OH excluding ortho intramolecular Hbond substituents is 1. The van der Waals surface area contributed by atoms with Gasteiger partial charge in [0.2, 0.25) is 11.8 Å².